The number of hydrogen-bond donors (Lipinski definition) is 2. The van der Waals surface area contributed by atoms with Crippen molar-refractivity contribution >= 4 is 65.4 Å². The topological polar surface area (TPSA) is 81.4 Å². The van der Waals surface area contributed by atoms with Gasteiger partial charge in [0.25, 0.3) is 0 Å². The van der Waals surface area contributed by atoms with Gasteiger partial charge in [-0.25, -0.2) is 0 Å². The highest BCUT2D eigenvalue weighted by Crippen LogP contribution is 2.34. The number of anilines is 1. The minimum absolute atomic E-state index is 0.151. The summed E-state index contributed by atoms with van der Waals surface area (Å²) in [5.74, 6) is -0.999. The second-order valence-electron chi connectivity index (χ2n) is 5.19. The molecule has 0 saturated heterocycles. The van der Waals surface area contributed by atoms with Crippen LogP contribution in [0.25, 0.3) is 0 Å². The van der Waals surface area contributed by atoms with Crippen molar-refractivity contribution in [3.05, 3.63) is 61.4 Å². The number of hydrogen-bond acceptors (Lipinski definition) is 4. The Labute approximate surface area is 170 Å². The summed E-state index contributed by atoms with van der Waals surface area (Å²) in [6, 6.07) is 11.9. The van der Waals surface area contributed by atoms with Gasteiger partial charge in [0.1, 0.15) is 6.61 Å². The summed E-state index contributed by atoms with van der Waals surface area (Å²) in [4.78, 5) is 24.1. The van der Waals surface area contributed by atoms with Crippen LogP contribution in [0.2, 0.25) is 0 Å². The van der Waals surface area contributed by atoms with Crippen molar-refractivity contribution in [1.29, 1.82) is 0 Å². The summed E-state index contributed by atoms with van der Waals surface area (Å²) < 4.78 is 7.35. The zero-order valence-electron chi connectivity index (χ0n) is 13.0. The minimum Gasteiger partial charge on any atom is -0.461 e. The lowest BCUT2D eigenvalue weighted by atomic mass is 10.2. The SMILES string of the molecule is N[C@@H](CC(=O)OCc1ccccc1)C(=O)Nc1c(Br)cc(Br)cc1Br. The van der Waals surface area contributed by atoms with E-state index >= 15 is 0 Å². The number of carbonyl (C=O) groups is 2. The molecular formula is C17H15Br3N2O3. The normalized spacial score (nSPS) is 11.7. The van der Waals surface area contributed by atoms with Gasteiger partial charge in [0.2, 0.25) is 5.91 Å². The van der Waals surface area contributed by atoms with Crippen LogP contribution in [0.5, 0.6) is 0 Å². The van der Waals surface area contributed by atoms with Gasteiger partial charge in [0.15, 0.2) is 0 Å². The summed E-state index contributed by atoms with van der Waals surface area (Å²) in [6.07, 6.45) is -0.204. The van der Waals surface area contributed by atoms with Crippen molar-refractivity contribution in [2.75, 3.05) is 5.32 Å². The predicted molar refractivity (Wildman–Crippen MR) is 107 cm³/mol. The van der Waals surface area contributed by atoms with Crippen LogP contribution in [-0.2, 0) is 20.9 Å². The number of esters is 1. The Morgan fingerprint density at radius 3 is 2.28 bits per heavy atom. The van der Waals surface area contributed by atoms with Gasteiger partial charge in [-0.2, -0.15) is 0 Å². The van der Waals surface area contributed by atoms with E-state index in [2.05, 4.69) is 53.1 Å². The number of carbonyl (C=O) groups excluding carboxylic acids is 2. The number of amides is 1. The van der Waals surface area contributed by atoms with E-state index in [1.165, 1.54) is 0 Å². The Kier molecular flexibility index (Phi) is 7.61. The van der Waals surface area contributed by atoms with Crippen LogP contribution in [-0.4, -0.2) is 17.9 Å². The number of nitrogens with one attached hydrogen (secondary N) is 1. The molecule has 0 radical (unpaired) electrons. The molecule has 0 heterocycles. The quantitative estimate of drug-likeness (QED) is 0.539. The highest BCUT2D eigenvalue weighted by Gasteiger charge is 2.20. The van der Waals surface area contributed by atoms with E-state index in [0.717, 1.165) is 10.0 Å². The fourth-order valence-electron chi connectivity index (χ4n) is 1.95. The van der Waals surface area contributed by atoms with Crippen molar-refractivity contribution in [3.8, 4) is 0 Å². The number of benzene rings is 2. The van der Waals surface area contributed by atoms with Crippen molar-refractivity contribution in [1.82, 2.24) is 0 Å². The van der Waals surface area contributed by atoms with E-state index < -0.39 is 17.9 Å². The maximum Gasteiger partial charge on any atom is 0.308 e. The second kappa shape index (κ2) is 9.47. The predicted octanol–water partition coefficient (Wildman–Crippen LogP) is 4.37. The highest BCUT2D eigenvalue weighted by atomic mass is 79.9. The fraction of sp³-hybridized carbons (Fsp3) is 0.176. The molecule has 5 nitrogen and oxygen atoms in total. The zero-order valence-corrected chi connectivity index (χ0v) is 17.7. The molecule has 1 atom stereocenters. The van der Waals surface area contributed by atoms with Crippen LogP contribution < -0.4 is 11.1 Å². The summed E-state index contributed by atoms with van der Waals surface area (Å²) in [6.45, 7) is 0.151. The molecule has 25 heavy (non-hydrogen) atoms. The first-order chi connectivity index (χ1) is 11.9. The largest absolute Gasteiger partial charge is 0.461 e. The average molecular weight is 535 g/mol. The molecule has 0 bridgehead atoms. The van der Waals surface area contributed by atoms with Crippen LogP contribution in [0.3, 0.4) is 0 Å². The van der Waals surface area contributed by atoms with E-state index in [1.807, 2.05) is 30.3 Å². The van der Waals surface area contributed by atoms with Crippen LogP contribution >= 0.6 is 47.8 Å². The first-order valence-corrected chi connectivity index (χ1v) is 9.65. The Balaban J connectivity index is 1.89. The molecule has 0 aliphatic rings. The minimum atomic E-state index is -1.01. The zero-order chi connectivity index (χ0) is 18.4. The molecule has 2 aromatic rings. The van der Waals surface area contributed by atoms with Crippen molar-refractivity contribution in [3.63, 3.8) is 0 Å². The highest BCUT2D eigenvalue weighted by molar-refractivity contribution is 9.11. The van der Waals surface area contributed by atoms with Crippen molar-refractivity contribution < 1.29 is 14.3 Å². The summed E-state index contributed by atoms with van der Waals surface area (Å²) in [7, 11) is 0. The summed E-state index contributed by atoms with van der Waals surface area (Å²) in [5.41, 5.74) is 7.23. The van der Waals surface area contributed by atoms with E-state index in [9.17, 15) is 9.59 Å². The molecule has 0 fully saturated rings. The lowest BCUT2D eigenvalue weighted by Gasteiger charge is -2.14. The fourth-order valence-corrected chi connectivity index (χ4v) is 4.40. The van der Waals surface area contributed by atoms with Crippen molar-refractivity contribution in [2.45, 2.75) is 19.1 Å². The Morgan fingerprint density at radius 1 is 1.08 bits per heavy atom. The molecule has 0 aliphatic carbocycles. The molecule has 3 N–H and O–H groups in total. The summed E-state index contributed by atoms with van der Waals surface area (Å²) >= 11 is 10.1. The lowest BCUT2D eigenvalue weighted by Crippen LogP contribution is -2.38. The van der Waals surface area contributed by atoms with Crippen LogP contribution in [0.15, 0.2) is 55.9 Å². The van der Waals surface area contributed by atoms with Gasteiger partial charge in [0, 0.05) is 13.4 Å². The van der Waals surface area contributed by atoms with Gasteiger partial charge >= 0.3 is 5.97 Å². The Hall–Kier alpha value is -1.22. The molecule has 2 aromatic carbocycles. The van der Waals surface area contributed by atoms with Gasteiger partial charge in [-0.05, 0) is 49.6 Å². The summed E-state index contributed by atoms with van der Waals surface area (Å²) in [5, 5.41) is 2.70. The molecule has 132 valence electrons. The molecule has 0 aliphatic heterocycles. The molecule has 2 rings (SSSR count). The number of halogens is 3. The monoisotopic (exact) mass is 532 g/mol. The molecule has 0 spiro atoms. The smallest absolute Gasteiger partial charge is 0.308 e. The van der Waals surface area contributed by atoms with Crippen LogP contribution in [0, 0.1) is 0 Å². The third-order valence-electron chi connectivity index (χ3n) is 3.22. The van der Waals surface area contributed by atoms with Gasteiger partial charge in [0.05, 0.1) is 18.2 Å². The molecule has 1 amide bonds. The second-order valence-corrected chi connectivity index (χ2v) is 7.81. The standard InChI is InChI=1S/C17H15Br3N2O3/c18-11-6-12(19)16(13(20)7-11)22-17(24)14(21)8-15(23)25-9-10-4-2-1-3-5-10/h1-7,14H,8-9,21H2,(H,22,24)/t14-/m0/s1. The first kappa shape index (κ1) is 20.1. The van der Waals surface area contributed by atoms with E-state index in [1.54, 1.807) is 12.1 Å². The van der Waals surface area contributed by atoms with Gasteiger partial charge < -0.3 is 15.8 Å². The Bertz CT molecular complexity index is 746. The molecular weight excluding hydrogens is 520 g/mol. The van der Waals surface area contributed by atoms with Gasteiger partial charge in [-0.15, -0.1) is 0 Å². The number of ether oxygens (including phenoxy) is 1. The number of nitrogens with two attached hydrogens (primary N) is 1. The maximum atomic E-state index is 12.2. The van der Waals surface area contributed by atoms with E-state index in [0.29, 0.717) is 14.6 Å². The van der Waals surface area contributed by atoms with Crippen molar-refractivity contribution in [2.24, 2.45) is 5.73 Å². The average Bonchev–Trinajstić information content (AvgIpc) is 2.57. The van der Waals surface area contributed by atoms with Gasteiger partial charge in [-0.3, -0.25) is 9.59 Å². The lowest BCUT2D eigenvalue weighted by molar-refractivity contribution is -0.146. The third-order valence-corrected chi connectivity index (χ3v) is 4.93. The number of rotatable bonds is 6. The molecule has 8 heteroatoms. The third kappa shape index (κ3) is 6.22. The van der Waals surface area contributed by atoms with E-state index in [4.69, 9.17) is 10.5 Å². The molecule has 0 aromatic heterocycles. The molecule has 0 saturated carbocycles. The maximum absolute atomic E-state index is 12.2. The van der Waals surface area contributed by atoms with Gasteiger partial charge in [-0.1, -0.05) is 46.3 Å². The van der Waals surface area contributed by atoms with Crippen LogP contribution in [0.1, 0.15) is 12.0 Å². The first-order valence-electron chi connectivity index (χ1n) is 7.27. The van der Waals surface area contributed by atoms with Crippen LogP contribution in [0.4, 0.5) is 5.69 Å². The molecule has 0 unspecified atom stereocenters. The Morgan fingerprint density at radius 2 is 1.68 bits per heavy atom. The van der Waals surface area contributed by atoms with E-state index in [-0.39, 0.29) is 13.0 Å².